The summed E-state index contributed by atoms with van der Waals surface area (Å²) in [6.07, 6.45) is 1.61. The highest BCUT2D eigenvalue weighted by Crippen LogP contribution is 2.23. The fourth-order valence-corrected chi connectivity index (χ4v) is 2.71. The monoisotopic (exact) mass is 360 g/mol. The molecule has 0 spiro atoms. The van der Waals surface area contributed by atoms with E-state index in [0.29, 0.717) is 10.8 Å². The maximum absolute atomic E-state index is 13.2. The van der Waals surface area contributed by atoms with E-state index >= 15 is 0 Å². The van der Waals surface area contributed by atoms with E-state index in [1.54, 1.807) is 12.3 Å². The summed E-state index contributed by atoms with van der Waals surface area (Å²) in [5, 5.41) is 6.62. The van der Waals surface area contributed by atoms with Crippen LogP contribution in [0.2, 0.25) is 5.02 Å². The number of thiocarbonyl (C=S) groups is 1. The molecule has 2 N–H and O–H groups in total. The summed E-state index contributed by atoms with van der Waals surface area (Å²) in [6.45, 7) is 0. The van der Waals surface area contributed by atoms with Crippen molar-refractivity contribution in [2.45, 2.75) is 6.04 Å². The first-order valence-electron chi connectivity index (χ1n) is 7.24. The topological polar surface area (TPSA) is 37.2 Å². The van der Waals surface area contributed by atoms with Gasteiger partial charge in [-0.15, -0.1) is 0 Å². The lowest BCUT2D eigenvalue weighted by molar-refractivity contribution is 0.476. The molecule has 3 nitrogen and oxygen atoms in total. The van der Waals surface area contributed by atoms with Crippen molar-refractivity contribution in [1.29, 1.82) is 0 Å². The van der Waals surface area contributed by atoms with Crippen molar-refractivity contribution >= 4 is 34.6 Å². The van der Waals surface area contributed by atoms with E-state index in [2.05, 4.69) is 10.6 Å². The van der Waals surface area contributed by atoms with Gasteiger partial charge in [0.1, 0.15) is 17.6 Å². The second kappa shape index (κ2) is 7.47. The molecule has 24 heavy (non-hydrogen) atoms. The predicted molar refractivity (Wildman–Crippen MR) is 97.8 cm³/mol. The van der Waals surface area contributed by atoms with E-state index in [9.17, 15) is 4.39 Å². The lowest BCUT2D eigenvalue weighted by Gasteiger charge is -2.19. The average molecular weight is 361 g/mol. The van der Waals surface area contributed by atoms with Crippen LogP contribution in [-0.2, 0) is 0 Å². The van der Waals surface area contributed by atoms with Crippen molar-refractivity contribution in [2.75, 3.05) is 5.32 Å². The molecule has 0 amide bonds. The SMILES string of the molecule is Fc1ccc(NC(=S)N[C@H](c2ccccc2)c2ccco2)cc1Cl. The van der Waals surface area contributed by atoms with Crippen molar-refractivity contribution in [3.63, 3.8) is 0 Å². The van der Waals surface area contributed by atoms with Crippen LogP contribution in [0.3, 0.4) is 0 Å². The van der Waals surface area contributed by atoms with Crippen LogP contribution in [-0.4, -0.2) is 5.11 Å². The summed E-state index contributed by atoms with van der Waals surface area (Å²) in [5.74, 6) is 0.265. The Balaban J connectivity index is 1.77. The van der Waals surface area contributed by atoms with E-state index < -0.39 is 5.82 Å². The smallest absolute Gasteiger partial charge is 0.171 e. The Morgan fingerprint density at radius 1 is 1.08 bits per heavy atom. The zero-order chi connectivity index (χ0) is 16.9. The summed E-state index contributed by atoms with van der Waals surface area (Å²) in [5.41, 5.74) is 1.61. The van der Waals surface area contributed by atoms with Gasteiger partial charge in [0.15, 0.2) is 5.11 Å². The lowest BCUT2D eigenvalue weighted by atomic mass is 10.1. The van der Waals surface area contributed by atoms with E-state index in [1.807, 2.05) is 42.5 Å². The Hall–Kier alpha value is -2.37. The molecule has 1 heterocycles. The van der Waals surface area contributed by atoms with Gasteiger partial charge in [-0.25, -0.2) is 4.39 Å². The number of halogens is 2. The Labute approximate surface area is 149 Å². The second-order valence-corrected chi connectivity index (χ2v) is 5.90. The highest BCUT2D eigenvalue weighted by Gasteiger charge is 2.17. The molecule has 0 aliphatic carbocycles. The van der Waals surface area contributed by atoms with E-state index in [0.717, 1.165) is 11.3 Å². The quantitative estimate of drug-likeness (QED) is 0.631. The number of nitrogens with one attached hydrogen (secondary N) is 2. The molecule has 6 heteroatoms. The van der Waals surface area contributed by atoms with Crippen LogP contribution in [0.25, 0.3) is 0 Å². The Kier molecular flexibility index (Phi) is 5.13. The number of furan rings is 1. The minimum atomic E-state index is -0.473. The van der Waals surface area contributed by atoms with E-state index in [1.165, 1.54) is 12.1 Å². The Morgan fingerprint density at radius 3 is 2.54 bits per heavy atom. The van der Waals surface area contributed by atoms with Crippen LogP contribution >= 0.6 is 23.8 Å². The highest BCUT2D eigenvalue weighted by atomic mass is 35.5. The van der Waals surface area contributed by atoms with Crippen LogP contribution < -0.4 is 10.6 Å². The third kappa shape index (κ3) is 3.93. The Bertz CT molecular complexity index is 824. The minimum absolute atomic E-state index is 0.0356. The van der Waals surface area contributed by atoms with Gasteiger partial charge < -0.3 is 15.1 Å². The second-order valence-electron chi connectivity index (χ2n) is 5.09. The molecule has 3 rings (SSSR count). The molecule has 1 aromatic heterocycles. The van der Waals surface area contributed by atoms with Crippen LogP contribution in [0, 0.1) is 5.82 Å². The largest absolute Gasteiger partial charge is 0.467 e. The van der Waals surface area contributed by atoms with Crippen LogP contribution in [0.5, 0.6) is 0 Å². The zero-order valence-electron chi connectivity index (χ0n) is 12.5. The third-order valence-corrected chi connectivity index (χ3v) is 3.92. The van der Waals surface area contributed by atoms with Crippen LogP contribution in [0.15, 0.2) is 71.3 Å². The van der Waals surface area contributed by atoms with Gasteiger partial charge in [0.25, 0.3) is 0 Å². The van der Waals surface area contributed by atoms with Gasteiger partial charge in [-0.1, -0.05) is 41.9 Å². The number of hydrogen-bond donors (Lipinski definition) is 2. The predicted octanol–water partition coefficient (Wildman–Crippen LogP) is 5.15. The maximum atomic E-state index is 13.2. The molecule has 0 fully saturated rings. The van der Waals surface area contributed by atoms with Gasteiger partial charge in [0.05, 0.1) is 11.3 Å². The molecule has 1 atom stereocenters. The summed E-state index contributed by atoms with van der Waals surface area (Å²) in [6, 6.07) is 17.6. The van der Waals surface area contributed by atoms with Gasteiger partial charge in [0.2, 0.25) is 0 Å². The number of benzene rings is 2. The molecule has 0 aliphatic heterocycles. The molecule has 0 saturated carbocycles. The van der Waals surface area contributed by atoms with Gasteiger partial charge in [-0.05, 0) is 48.1 Å². The minimum Gasteiger partial charge on any atom is -0.467 e. The summed E-state index contributed by atoms with van der Waals surface area (Å²) in [7, 11) is 0. The van der Waals surface area contributed by atoms with Crippen molar-refractivity contribution in [3.8, 4) is 0 Å². The number of hydrogen-bond acceptors (Lipinski definition) is 2. The van der Waals surface area contributed by atoms with E-state index in [-0.39, 0.29) is 11.1 Å². The summed E-state index contributed by atoms with van der Waals surface area (Å²) >= 11 is 11.1. The fraction of sp³-hybridized carbons (Fsp3) is 0.0556. The first kappa shape index (κ1) is 16.5. The fourth-order valence-electron chi connectivity index (χ4n) is 2.29. The maximum Gasteiger partial charge on any atom is 0.171 e. The molecule has 0 aliphatic rings. The van der Waals surface area contributed by atoms with Crippen molar-refractivity contribution in [1.82, 2.24) is 5.32 Å². The van der Waals surface area contributed by atoms with E-state index in [4.69, 9.17) is 28.2 Å². The molecule has 122 valence electrons. The normalized spacial score (nSPS) is 11.8. The van der Waals surface area contributed by atoms with Crippen molar-refractivity contribution in [2.24, 2.45) is 0 Å². The van der Waals surface area contributed by atoms with Crippen LogP contribution in [0.1, 0.15) is 17.4 Å². The van der Waals surface area contributed by atoms with Gasteiger partial charge >= 0.3 is 0 Å². The molecule has 0 unspecified atom stereocenters. The van der Waals surface area contributed by atoms with Crippen LogP contribution in [0.4, 0.5) is 10.1 Å². The van der Waals surface area contributed by atoms with Crippen molar-refractivity contribution in [3.05, 3.63) is 89.1 Å². The zero-order valence-corrected chi connectivity index (χ0v) is 14.1. The number of rotatable bonds is 4. The molecular weight excluding hydrogens is 347 g/mol. The molecule has 0 saturated heterocycles. The summed E-state index contributed by atoms with van der Waals surface area (Å²) < 4.78 is 18.7. The molecular formula is C18H14ClFN2OS. The first-order chi connectivity index (χ1) is 11.6. The highest BCUT2D eigenvalue weighted by molar-refractivity contribution is 7.80. The standard InChI is InChI=1S/C18H14ClFN2OS/c19-14-11-13(8-9-15(14)20)21-18(24)22-17(16-7-4-10-23-16)12-5-2-1-3-6-12/h1-11,17H,(H2,21,22,24)/t17-/m1/s1. The van der Waals surface area contributed by atoms with Gasteiger partial charge in [-0.2, -0.15) is 0 Å². The van der Waals surface area contributed by atoms with Crippen molar-refractivity contribution < 1.29 is 8.81 Å². The van der Waals surface area contributed by atoms with Gasteiger partial charge in [-0.3, -0.25) is 0 Å². The Morgan fingerprint density at radius 2 is 1.88 bits per heavy atom. The molecule has 2 aromatic carbocycles. The molecule has 0 bridgehead atoms. The lowest BCUT2D eigenvalue weighted by Crippen LogP contribution is -2.32. The average Bonchev–Trinajstić information content (AvgIpc) is 3.11. The third-order valence-electron chi connectivity index (χ3n) is 3.41. The number of anilines is 1. The summed E-state index contributed by atoms with van der Waals surface area (Å²) in [4.78, 5) is 0. The van der Waals surface area contributed by atoms with Gasteiger partial charge in [0, 0.05) is 5.69 Å². The molecule has 0 radical (unpaired) electrons. The molecule has 3 aromatic rings. The first-order valence-corrected chi connectivity index (χ1v) is 8.03.